The van der Waals surface area contributed by atoms with Gasteiger partial charge in [0, 0.05) is 10.9 Å². The Labute approximate surface area is 126 Å². The maximum atomic E-state index is 12.0. The second kappa shape index (κ2) is 8.29. The SMILES string of the molecule is CCNC(C)c1cccc(SCC(=O)NCC(F)(F)F)c1. The molecule has 0 fully saturated rings. The van der Waals surface area contributed by atoms with Gasteiger partial charge in [0.15, 0.2) is 0 Å². The van der Waals surface area contributed by atoms with Crippen LogP contribution in [0.25, 0.3) is 0 Å². The number of amides is 1. The molecule has 7 heteroatoms. The molecule has 1 rings (SSSR count). The maximum absolute atomic E-state index is 12.0. The number of hydrogen-bond donors (Lipinski definition) is 2. The lowest BCUT2D eigenvalue weighted by molar-refractivity contribution is -0.136. The summed E-state index contributed by atoms with van der Waals surface area (Å²) >= 11 is 1.22. The van der Waals surface area contributed by atoms with Gasteiger partial charge in [-0.2, -0.15) is 13.2 Å². The molecule has 0 bridgehead atoms. The number of thioether (sulfide) groups is 1. The van der Waals surface area contributed by atoms with Crippen molar-refractivity contribution in [3.63, 3.8) is 0 Å². The Morgan fingerprint density at radius 3 is 2.71 bits per heavy atom. The van der Waals surface area contributed by atoms with E-state index in [9.17, 15) is 18.0 Å². The summed E-state index contributed by atoms with van der Waals surface area (Å²) in [5, 5.41) is 5.13. The second-order valence-electron chi connectivity index (χ2n) is 4.53. The Balaban J connectivity index is 2.48. The number of alkyl halides is 3. The van der Waals surface area contributed by atoms with Crippen molar-refractivity contribution in [3.8, 4) is 0 Å². The monoisotopic (exact) mass is 320 g/mol. The smallest absolute Gasteiger partial charge is 0.346 e. The Morgan fingerprint density at radius 1 is 1.38 bits per heavy atom. The number of carbonyl (C=O) groups excluding carboxylic acids is 1. The number of benzene rings is 1. The summed E-state index contributed by atoms with van der Waals surface area (Å²) in [6, 6.07) is 7.81. The van der Waals surface area contributed by atoms with Crippen molar-refractivity contribution in [2.45, 2.75) is 31.0 Å². The first-order chi connectivity index (χ1) is 9.81. The summed E-state index contributed by atoms with van der Waals surface area (Å²) in [4.78, 5) is 12.2. The van der Waals surface area contributed by atoms with Crippen molar-refractivity contribution in [3.05, 3.63) is 29.8 Å². The van der Waals surface area contributed by atoms with Crippen LogP contribution >= 0.6 is 11.8 Å². The highest BCUT2D eigenvalue weighted by molar-refractivity contribution is 8.00. The van der Waals surface area contributed by atoms with Crippen molar-refractivity contribution >= 4 is 17.7 Å². The Bertz CT molecular complexity index is 466. The second-order valence-corrected chi connectivity index (χ2v) is 5.58. The molecular weight excluding hydrogens is 301 g/mol. The molecule has 0 spiro atoms. The fourth-order valence-electron chi connectivity index (χ4n) is 1.70. The molecule has 1 amide bonds. The molecule has 0 heterocycles. The molecule has 0 saturated carbocycles. The van der Waals surface area contributed by atoms with Gasteiger partial charge in [-0.25, -0.2) is 0 Å². The van der Waals surface area contributed by atoms with Crippen molar-refractivity contribution in [1.29, 1.82) is 0 Å². The van der Waals surface area contributed by atoms with Gasteiger partial charge in [0.1, 0.15) is 6.54 Å². The Morgan fingerprint density at radius 2 is 2.10 bits per heavy atom. The molecular formula is C14H19F3N2OS. The molecule has 1 unspecified atom stereocenters. The molecule has 1 aromatic carbocycles. The van der Waals surface area contributed by atoms with Gasteiger partial charge in [-0.1, -0.05) is 19.1 Å². The van der Waals surface area contributed by atoms with Gasteiger partial charge >= 0.3 is 6.18 Å². The zero-order valence-electron chi connectivity index (χ0n) is 12.0. The number of nitrogens with one attached hydrogen (secondary N) is 2. The molecule has 0 aliphatic carbocycles. The third-order valence-electron chi connectivity index (χ3n) is 2.72. The van der Waals surface area contributed by atoms with E-state index >= 15 is 0 Å². The van der Waals surface area contributed by atoms with Crippen LogP contribution in [-0.4, -0.2) is 30.9 Å². The summed E-state index contributed by atoms with van der Waals surface area (Å²) in [6.07, 6.45) is -4.37. The summed E-state index contributed by atoms with van der Waals surface area (Å²) in [5.41, 5.74) is 1.08. The van der Waals surface area contributed by atoms with Crippen molar-refractivity contribution < 1.29 is 18.0 Å². The summed E-state index contributed by atoms with van der Waals surface area (Å²) in [7, 11) is 0. The molecule has 3 nitrogen and oxygen atoms in total. The fourth-order valence-corrected chi connectivity index (χ4v) is 2.49. The van der Waals surface area contributed by atoms with E-state index in [0.29, 0.717) is 0 Å². The van der Waals surface area contributed by atoms with Gasteiger partial charge in [0.2, 0.25) is 5.91 Å². The lowest BCUT2D eigenvalue weighted by atomic mass is 10.1. The van der Waals surface area contributed by atoms with Crippen LogP contribution in [-0.2, 0) is 4.79 Å². The van der Waals surface area contributed by atoms with Gasteiger partial charge < -0.3 is 10.6 Å². The van der Waals surface area contributed by atoms with E-state index in [2.05, 4.69) is 5.32 Å². The third kappa shape index (κ3) is 7.38. The highest BCUT2D eigenvalue weighted by Gasteiger charge is 2.27. The number of hydrogen-bond acceptors (Lipinski definition) is 3. The van der Waals surface area contributed by atoms with E-state index in [4.69, 9.17) is 0 Å². The van der Waals surface area contributed by atoms with Crippen LogP contribution in [0.4, 0.5) is 13.2 Å². The van der Waals surface area contributed by atoms with Crippen LogP contribution in [0.2, 0.25) is 0 Å². The van der Waals surface area contributed by atoms with Gasteiger partial charge in [-0.05, 0) is 31.2 Å². The Kier molecular flexibility index (Phi) is 7.04. The van der Waals surface area contributed by atoms with E-state index in [0.717, 1.165) is 17.0 Å². The molecule has 0 aromatic heterocycles. The highest BCUT2D eigenvalue weighted by atomic mass is 32.2. The largest absolute Gasteiger partial charge is 0.405 e. The molecule has 21 heavy (non-hydrogen) atoms. The average Bonchev–Trinajstić information content (AvgIpc) is 2.43. The predicted octanol–water partition coefficient (Wildman–Crippen LogP) is 3.13. The predicted molar refractivity (Wildman–Crippen MR) is 78.3 cm³/mol. The van der Waals surface area contributed by atoms with Crippen LogP contribution in [0.5, 0.6) is 0 Å². The quantitative estimate of drug-likeness (QED) is 0.759. The van der Waals surface area contributed by atoms with E-state index in [1.165, 1.54) is 11.8 Å². The normalized spacial score (nSPS) is 13.0. The standard InChI is InChI=1S/C14H19F3N2OS/c1-3-18-10(2)11-5-4-6-12(7-11)21-8-13(20)19-9-14(15,16)17/h4-7,10,18H,3,8-9H2,1-2H3,(H,19,20). The molecule has 2 N–H and O–H groups in total. The van der Waals surface area contributed by atoms with Crippen molar-refractivity contribution in [1.82, 2.24) is 10.6 Å². The van der Waals surface area contributed by atoms with Crippen LogP contribution in [0.3, 0.4) is 0 Å². The highest BCUT2D eigenvalue weighted by Crippen LogP contribution is 2.22. The number of carbonyl (C=O) groups is 1. The third-order valence-corrected chi connectivity index (χ3v) is 3.72. The first-order valence-electron chi connectivity index (χ1n) is 6.61. The maximum Gasteiger partial charge on any atom is 0.405 e. The minimum atomic E-state index is -4.37. The fraction of sp³-hybridized carbons (Fsp3) is 0.500. The molecule has 1 aromatic rings. The van der Waals surface area contributed by atoms with Gasteiger partial charge in [0.05, 0.1) is 5.75 Å². The molecule has 0 saturated heterocycles. The molecule has 0 aliphatic rings. The lowest BCUT2D eigenvalue weighted by Gasteiger charge is -2.13. The molecule has 0 radical (unpaired) electrons. The van der Waals surface area contributed by atoms with Crippen LogP contribution in [0, 0.1) is 0 Å². The van der Waals surface area contributed by atoms with E-state index < -0.39 is 18.6 Å². The number of rotatable bonds is 7. The van der Waals surface area contributed by atoms with Crippen LogP contribution < -0.4 is 10.6 Å². The van der Waals surface area contributed by atoms with E-state index in [-0.39, 0.29) is 11.8 Å². The zero-order valence-corrected chi connectivity index (χ0v) is 12.8. The lowest BCUT2D eigenvalue weighted by Crippen LogP contribution is -2.34. The minimum absolute atomic E-state index is 0.0326. The summed E-state index contributed by atoms with van der Waals surface area (Å²) < 4.78 is 35.9. The first-order valence-corrected chi connectivity index (χ1v) is 7.60. The van der Waals surface area contributed by atoms with Gasteiger partial charge in [-0.3, -0.25) is 4.79 Å². The van der Waals surface area contributed by atoms with Crippen LogP contribution in [0.1, 0.15) is 25.5 Å². The molecule has 0 aliphatic heterocycles. The molecule has 118 valence electrons. The van der Waals surface area contributed by atoms with E-state index in [1.807, 2.05) is 43.4 Å². The summed E-state index contributed by atoms with van der Waals surface area (Å²) in [6.45, 7) is 3.60. The van der Waals surface area contributed by atoms with E-state index in [1.54, 1.807) is 0 Å². The van der Waals surface area contributed by atoms with Crippen molar-refractivity contribution in [2.75, 3.05) is 18.8 Å². The van der Waals surface area contributed by atoms with Crippen molar-refractivity contribution in [2.24, 2.45) is 0 Å². The van der Waals surface area contributed by atoms with Crippen LogP contribution in [0.15, 0.2) is 29.2 Å². The Hall–Kier alpha value is -1.21. The molecule has 1 atom stereocenters. The average molecular weight is 320 g/mol. The topological polar surface area (TPSA) is 41.1 Å². The van der Waals surface area contributed by atoms with Gasteiger partial charge in [0.25, 0.3) is 0 Å². The van der Waals surface area contributed by atoms with Gasteiger partial charge in [-0.15, -0.1) is 11.8 Å². The summed E-state index contributed by atoms with van der Waals surface area (Å²) in [5.74, 6) is -0.655. The minimum Gasteiger partial charge on any atom is -0.346 e. The number of halogens is 3. The first kappa shape index (κ1) is 17.8. The zero-order chi connectivity index (χ0) is 15.9.